The van der Waals surface area contributed by atoms with Crippen molar-refractivity contribution >= 4 is 21.6 Å². The van der Waals surface area contributed by atoms with E-state index in [4.69, 9.17) is 4.74 Å². The molecule has 0 bridgehead atoms. The van der Waals surface area contributed by atoms with Crippen LogP contribution >= 0.6 is 11.3 Å². The quantitative estimate of drug-likeness (QED) is 0.455. The van der Waals surface area contributed by atoms with Crippen molar-refractivity contribution in [1.82, 2.24) is 14.9 Å². The highest BCUT2D eigenvalue weighted by Crippen LogP contribution is 2.36. The number of aromatic nitrogens is 2. The monoisotopic (exact) mass is 425 g/mol. The Labute approximate surface area is 180 Å². The van der Waals surface area contributed by atoms with E-state index in [0.29, 0.717) is 47.8 Å². The lowest BCUT2D eigenvalue weighted by Gasteiger charge is -2.23. The van der Waals surface area contributed by atoms with Crippen molar-refractivity contribution in [3.05, 3.63) is 71.1 Å². The molecular weight excluding hydrogens is 398 g/mol. The number of thiophene rings is 1. The van der Waals surface area contributed by atoms with E-state index in [9.17, 15) is 9.90 Å². The summed E-state index contributed by atoms with van der Waals surface area (Å²) in [5, 5.41) is 12.7. The van der Waals surface area contributed by atoms with Gasteiger partial charge in [-0.15, -0.1) is 24.5 Å². The molecule has 0 aliphatic carbocycles. The Morgan fingerprint density at radius 3 is 2.83 bits per heavy atom. The molecule has 0 unspecified atom stereocenters. The zero-order valence-corrected chi connectivity index (χ0v) is 18.0. The molecule has 3 aromatic rings. The molecule has 0 aliphatic rings. The van der Waals surface area contributed by atoms with Crippen LogP contribution in [0.3, 0.4) is 0 Å². The zero-order chi connectivity index (χ0) is 21.5. The second-order valence-corrected chi connectivity index (χ2v) is 7.90. The van der Waals surface area contributed by atoms with Crippen molar-refractivity contribution in [3.63, 3.8) is 0 Å². The number of benzene rings is 1. The number of rotatable bonds is 11. The number of hydrogen-bond acceptors (Lipinski definition) is 6. The van der Waals surface area contributed by atoms with E-state index in [-0.39, 0.29) is 5.56 Å². The van der Waals surface area contributed by atoms with Crippen LogP contribution in [0.5, 0.6) is 5.75 Å². The van der Waals surface area contributed by atoms with Crippen molar-refractivity contribution < 1.29 is 9.84 Å². The number of fused-ring (bicyclic) bond motifs is 1. The fraction of sp³-hybridized carbons (Fsp3) is 0.304. The Bertz CT molecular complexity index is 1070. The normalized spacial score (nSPS) is 12.2. The topological polar surface area (TPSA) is 78.5 Å². The van der Waals surface area contributed by atoms with Gasteiger partial charge in [0.25, 0.3) is 5.56 Å². The van der Waals surface area contributed by atoms with Gasteiger partial charge in [0.1, 0.15) is 16.4 Å². The smallest absolute Gasteiger partial charge is 0.260 e. The fourth-order valence-electron chi connectivity index (χ4n) is 3.43. The number of ether oxygens (including phenoxy) is 1. The Morgan fingerprint density at radius 2 is 2.10 bits per heavy atom. The summed E-state index contributed by atoms with van der Waals surface area (Å²) >= 11 is 1.44. The summed E-state index contributed by atoms with van der Waals surface area (Å²) in [6.45, 7) is 8.96. The highest BCUT2D eigenvalue weighted by Gasteiger charge is 2.17. The summed E-state index contributed by atoms with van der Waals surface area (Å²) in [5.74, 6) is 1.28. The maximum absolute atomic E-state index is 12.9. The van der Waals surface area contributed by atoms with Crippen LogP contribution in [0, 0.1) is 0 Å². The third kappa shape index (κ3) is 5.05. The number of aromatic amines is 1. The van der Waals surface area contributed by atoms with Gasteiger partial charge >= 0.3 is 0 Å². The van der Waals surface area contributed by atoms with E-state index in [1.807, 2.05) is 34.5 Å². The van der Waals surface area contributed by atoms with Gasteiger partial charge in [-0.3, -0.25) is 9.69 Å². The van der Waals surface area contributed by atoms with Gasteiger partial charge in [-0.1, -0.05) is 30.4 Å². The highest BCUT2D eigenvalue weighted by molar-refractivity contribution is 7.17. The van der Waals surface area contributed by atoms with Crippen LogP contribution in [0.25, 0.3) is 21.3 Å². The number of para-hydroxylation sites is 1. The Morgan fingerprint density at radius 1 is 1.30 bits per heavy atom. The maximum atomic E-state index is 12.9. The number of allylic oxidation sites excluding steroid dienone is 1. The van der Waals surface area contributed by atoms with Crippen molar-refractivity contribution in [2.24, 2.45) is 0 Å². The summed E-state index contributed by atoms with van der Waals surface area (Å²) in [6, 6.07) is 7.63. The highest BCUT2D eigenvalue weighted by atomic mass is 32.1. The molecule has 0 fully saturated rings. The van der Waals surface area contributed by atoms with E-state index in [1.165, 1.54) is 11.3 Å². The van der Waals surface area contributed by atoms with Crippen LogP contribution in [-0.4, -0.2) is 46.3 Å². The second kappa shape index (κ2) is 10.3. The van der Waals surface area contributed by atoms with E-state index in [0.717, 1.165) is 17.5 Å². The van der Waals surface area contributed by atoms with Crippen LogP contribution in [0.1, 0.15) is 18.7 Å². The molecular formula is C23H27N3O3S. The van der Waals surface area contributed by atoms with E-state index in [1.54, 1.807) is 19.3 Å². The van der Waals surface area contributed by atoms with E-state index < -0.39 is 6.10 Å². The van der Waals surface area contributed by atoms with E-state index >= 15 is 0 Å². The van der Waals surface area contributed by atoms with Crippen molar-refractivity contribution in [1.29, 1.82) is 0 Å². The summed E-state index contributed by atoms with van der Waals surface area (Å²) in [4.78, 5) is 23.2. The molecule has 1 aromatic carbocycles. The van der Waals surface area contributed by atoms with Gasteiger partial charge in [0.05, 0.1) is 25.1 Å². The minimum Gasteiger partial charge on any atom is -0.496 e. The van der Waals surface area contributed by atoms with Gasteiger partial charge in [-0.2, -0.15) is 0 Å². The molecule has 1 atom stereocenters. The Balaban J connectivity index is 1.89. The van der Waals surface area contributed by atoms with Gasteiger partial charge in [-0.25, -0.2) is 4.98 Å². The predicted octanol–water partition coefficient (Wildman–Crippen LogP) is 3.98. The van der Waals surface area contributed by atoms with Gasteiger partial charge in [0.15, 0.2) is 0 Å². The average Bonchev–Trinajstić information content (AvgIpc) is 3.16. The van der Waals surface area contributed by atoms with Crippen LogP contribution < -0.4 is 10.3 Å². The molecule has 2 aromatic heterocycles. The summed E-state index contributed by atoms with van der Waals surface area (Å²) in [7, 11) is 1.62. The number of hydrogen-bond donors (Lipinski definition) is 2. The van der Waals surface area contributed by atoms with Crippen molar-refractivity contribution in [2.45, 2.75) is 25.5 Å². The maximum Gasteiger partial charge on any atom is 0.260 e. The summed E-state index contributed by atoms with van der Waals surface area (Å²) < 4.78 is 5.45. The third-order valence-electron chi connectivity index (χ3n) is 4.82. The van der Waals surface area contributed by atoms with Crippen LogP contribution in [0.2, 0.25) is 0 Å². The number of H-pyrrole nitrogens is 1. The molecule has 0 radical (unpaired) electrons. The van der Waals surface area contributed by atoms with Gasteiger partial charge < -0.3 is 14.8 Å². The summed E-state index contributed by atoms with van der Waals surface area (Å²) in [5.41, 5.74) is 1.50. The molecule has 2 heterocycles. The Kier molecular flexibility index (Phi) is 7.57. The fourth-order valence-corrected chi connectivity index (χ4v) is 4.39. The largest absolute Gasteiger partial charge is 0.496 e. The zero-order valence-electron chi connectivity index (χ0n) is 17.1. The lowest BCUT2D eigenvalue weighted by atomic mass is 10.1. The molecule has 0 saturated heterocycles. The lowest BCUT2D eigenvalue weighted by molar-refractivity contribution is 0.107. The Hall–Kier alpha value is -2.74. The number of nitrogens with zero attached hydrogens (tertiary/aromatic N) is 2. The molecule has 158 valence electrons. The van der Waals surface area contributed by atoms with Gasteiger partial charge in [-0.05, 0) is 18.9 Å². The molecule has 7 heteroatoms. The van der Waals surface area contributed by atoms with Crippen LogP contribution in [0.4, 0.5) is 0 Å². The minimum absolute atomic E-state index is 0.178. The van der Waals surface area contributed by atoms with E-state index in [2.05, 4.69) is 23.1 Å². The van der Waals surface area contributed by atoms with Crippen LogP contribution in [-0.2, 0) is 6.54 Å². The second-order valence-electron chi connectivity index (χ2n) is 7.05. The number of aliphatic hydroxyl groups excluding tert-OH is 1. The lowest BCUT2D eigenvalue weighted by Crippen LogP contribution is -2.33. The first-order valence-electron chi connectivity index (χ1n) is 9.83. The molecule has 6 nitrogen and oxygen atoms in total. The molecule has 0 aliphatic heterocycles. The molecule has 0 saturated carbocycles. The average molecular weight is 426 g/mol. The minimum atomic E-state index is -0.475. The standard InChI is InChI=1S/C23H27N3O3S/c1-4-6-9-16(27)13-26(12-5-2)14-20-24-22(28)21-18(15-30-23(21)25-20)17-10-7-8-11-19(17)29-3/h4-5,7-8,10-11,15-16,27H,1-2,6,9,12-14H2,3H3,(H,24,25,28)/t16-/m1/s1. The number of nitrogens with one attached hydrogen (secondary N) is 1. The third-order valence-corrected chi connectivity index (χ3v) is 5.70. The summed E-state index contributed by atoms with van der Waals surface area (Å²) in [6.07, 6.45) is 4.50. The first-order chi connectivity index (χ1) is 14.6. The molecule has 3 rings (SSSR count). The van der Waals surface area contributed by atoms with Crippen molar-refractivity contribution in [2.75, 3.05) is 20.2 Å². The SMILES string of the molecule is C=CCC[C@@H](O)CN(CC=C)Cc1nc2scc(-c3ccccc3OC)c2c(=O)[nH]1. The first kappa shape index (κ1) is 22.0. The molecule has 30 heavy (non-hydrogen) atoms. The number of aliphatic hydroxyl groups is 1. The van der Waals surface area contributed by atoms with Gasteiger partial charge in [0, 0.05) is 29.6 Å². The predicted molar refractivity (Wildman–Crippen MR) is 123 cm³/mol. The van der Waals surface area contributed by atoms with Gasteiger partial charge in [0.2, 0.25) is 0 Å². The molecule has 2 N–H and O–H groups in total. The van der Waals surface area contributed by atoms with Crippen molar-refractivity contribution in [3.8, 4) is 16.9 Å². The number of methoxy groups -OCH3 is 1. The molecule has 0 spiro atoms. The van der Waals surface area contributed by atoms with Crippen LogP contribution in [0.15, 0.2) is 59.7 Å². The molecule has 0 amide bonds. The first-order valence-corrected chi connectivity index (χ1v) is 10.7.